The molecular formula is C18H35N7O6. The van der Waals surface area contributed by atoms with Crippen molar-refractivity contribution in [3.05, 3.63) is 0 Å². The Morgan fingerprint density at radius 2 is 1.58 bits per heavy atom. The van der Waals surface area contributed by atoms with Crippen LogP contribution in [0.15, 0.2) is 4.99 Å². The Balaban J connectivity index is 5.12. The lowest BCUT2D eigenvalue weighted by atomic mass is 9.97. The number of amides is 3. The van der Waals surface area contributed by atoms with Crippen LogP contribution in [0.5, 0.6) is 0 Å². The first-order chi connectivity index (χ1) is 14.4. The van der Waals surface area contributed by atoms with E-state index in [9.17, 15) is 24.3 Å². The summed E-state index contributed by atoms with van der Waals surface area (Å²) in [5.74, 6) is -3.78. The fraction of sp³-hybridized carbons (Fsp3) is 0.722. The number of aliphatic imine (C=N–C) groups is 1. The van der Waals surface area contributed by atoms with Gasteiger partial charge >= 0.3 is 5.97 Å². The highest BCUT2D eigenvalue weighted by Gasteiger charge is 2.32. The Morgan fingerprint density at radius 1 is 1.00 bits per heavy atom. The first-order valence-corrected chi connectivity index (χ1v) is 9.99. The zero-order valence-corrected chi connectivity index (χ0v) is 18.1. The van der Waals surface area contributed by atoms with Crippen molar-refractivity contribution in [2.75, 3.05) is 13.1 Å². The first kappa shape index (κ1) is 28.1. The van der Waals surface area contributed by atoms with E-state index < -0.39 is 54.5 Å². The fourth-order valence-electron chi connectivity index (χ4n) is 2.53. The molecule has 0 fully saturated rings. The number of aliphatic carboxylic acids is 1. The minimum atomic E-state index is -1.40. The summed E-state index contributed by atoms with van der Waals surface area (Å²) in [6.45, 7) is 4.46. The van der Waals surface area contributed by atoms with E-state index in [1.54, 1.807) is 6.92 Å². The molecule has 0 aromatic rings. The van der Waals surface area contributed by atoms with Gasteiger partial charge in [-0.05, 0) is 25.7 Å². The minimum Gasteiger partial charge on any atom is -0.480 e. The third-order valence-corrected chi connectivity index (χ3v) is 4.57. The Morgan fingerprint density at radius 3 is 2.06 bits per heavy atom. The predicted molar refractivity (Wildman–Crippen MR) is 114 cm³/mol. The fourth-order valence-corrected chi connectivity index (χ4v) is 2.53. The Hall–Kier alpha value is -2.93. The molecule has 0 aliphatic carbocycles. The average molecular weight is 446 g/mol. The number of carboxylic acid groups (broad SMARTS) is 1. The van der Waals surface area contributed by atoms with Gasteiger partial charge in [-0.2, -0.15) is 0 Å². The molecule has 0 saturated heterocycles. The molecule has 0 radical (unpaired) electrons. The molecule has 178 valence electrons. The summed E-state index contributed by atoms with van der Waals surface area (Å²) in [6.07, 6.45) is -0.0297. The molecule has 0 aromatic carbocycles. The summed E-state index contributed by atoms with van der Waals surface area (Å²) >= 11 is 0. The zero-order chi connectivity index (χ0) is 24.1. The van der Waals surface area contributed by atoms with E-state index in [1.807, 2.05) is 6.92 Å². The number of hydrogen-bond acceptors (Lipinski definition) is 7. The number of nitrogens with zero attached hydrogens (tertiary/aromatic N) is 1. The Kier molecular flexibility index (Phi) is 12.8. The molecule has 0 spiro atoms. The lowest BCUT2D eigenvalue weighted by Gasteiger charge is -2.28. The second-order valence-electron chi connectivity index (χ2n) is 7.27. The van der Waals surface area contributed by atoms with E-state index in [-0.39, 0.29) is 18.3 Å². The minimum absolute atomic E-state index is 0.0633. The van der Waals surface area contributed by atoms with E-state index in [0.717, 1.165) is 0 Å². The van der Waals surface area contributed by atoms with E-state index in [2.05, 4.69) is 20.9 Å². The van der Waals surface area contributed by atoms with Gasteiger partial charge in [0.1, 0.15) is 18.6 Å². The SMILES string of the molecule is CCC(C)C(NC(=O)C(N)CCCN=C(N)N)C(=O)NC(C(=O)NCC(=O)O)C(C)O. The molecule has 0 heterocycles. The predicted octanol–water partition coefficient (Wildman–Crippen LogP) is -3.04. The summed E-state index contributed by atoms with van der Waals surface area (Å²) in [4.78, 5) is 51.8. The van der Waals surface area contributed by atoms with Gasteiger partial charge in [0.2, 0.25) is 17.7 Å². The number of hydrogen-bond donors (Lipinski definition) is 8. The zero-order valence-electron chi connectivity index (χ0n) is 18.1. The number of aliphatic hydroxyl groups excluding tert-OH is 1. The molecule has 13 nitrogen and oxygen atoms in total. The van der Waals surface area contributed by atoms with Crippen molar-refractivity contribution in [1.82, 2.24) is 16.0 Å². The molecule has 0 saturated carbocycles. The monoisotopic (exact) mass is 445 g/mol. The number of rotatable bonds is 14. The van der Waals surface area contributed by atoms with Crippen molar-refractivity contribution in [3.8, 4) is 0 Å². The van der Waals surface area contributed by atoms with E-state index >= 15 is 0 Å². The number of carboxylic acids is 1. The van der Waals surface area contributed by atoms with Gasteiger partial charge in [-0.1, -0.05) is 20.3 Å². The molecular weight excluding hydrogens is 410 g/mol. The summed E-state index contributed by atoms with van der Waals surface area (Å²) in [7, 11) is 0. The van der Waals surface area contributed by atoms with Crippen LogP contribution < -0.4 is 33.2 Å². The first-order valence-electron chi connectivity index (χ1n) is 9.99. The van der Waals surface area contributed by atoms with Crippen molar-refractivity contribution in [1.29, 1.82) is 0 Å². The smallest absolute Gasteiger partial charge is 0.322 e. The molecule has 31 heavy (non-hydrogen) atoms. The van der Waals surface area contributed by atoms with Crippen LogP contribution in [0, 0.1) is 5.92 Å². The van der Waals surface area contributed by atoms with Crippen LogP contribution in [0.1, 0.15) is 40.0 Å². The van der Waals surface area contributed by atoms with Gasteiger partial charge < -0.3 is 43.4 Å². The van der Waals surface area contributed by atoms with Gasteiger partial charge in [0, 0.05) is 6.54 Å². The van der Waals surface area contributed by atoms with Crippen LogP contribution in [0.2, 0.25) is 0 Å². The number of nitrogens with two attached hydrogens (primary N) is 3. The average Bonchev–Trinajstić information content (AvgIpc) is 2.69. The number of carbonyl (C=O) groups is 4. The summed E-state index contributed by atoms with van der Waals surface area (Å²) in [5.41, 5.74) is 16.3. The number of guanidine groups is 1. The highest BCUT2D eigenvalue weighted by Crippen LogP contribution is 2.10. The van der Waals surface area contributed by atoms with E-state index in [4.69, 9.17) is 22.3 Å². The van der Waals surface area contributed by atoms with Gasteiger partial charge in [-0.3, -0.25) is 24.2 Å². The topological polar surface area (TPSA) is 235 Å². The van der Waals surface area contributed by atoms with E-state index in [0.29, 0.717) is 19.4 Å². The maximum atomic E-state index is 12.8. The third-order valence-electron chi connectivity index (χ3n) is 4.57. The van der Waals surface area contributed by atoms with Crippen molar-refractivity contribution < 1.29 is 29.4 Å². The Labute approximate surface area is 181 Å². The molecule has 5 unspecified atom stereocenters. The number of aliphatic hydroxyl groups is 1. The standard InChI is InChI=1S/C18H35N7O6/c1-4-9(2)13(24-15(29)11(19)6-5-7-22-18(20)21)17(31)25-14(10(3)26)16(30)23-8-12(27)28/h9-11,13-14,26H,4-8,19H2,1-3H3,(H,23,30)(H,24,29)(H,25,31)(H,27,28)(H4,20,21,22). The van der Waals surface area contributed by atoms with Gasteiger partial charge in [0.15, 0.2) is 5.96 Å². The molecule has 13 heteroatoms. The molecule has 5 atom stereocenters. The highest BCUT2D eigenvalue weighted by molar-refractivity contribution is 5.94. The maximum Gasteiger partial charge on any atom is 0.322 e. The van der Waals surface area contributed by atoms with E-state index in [1.165, 1.54) is 6.92 Å². The maximum absolute atomic E-state index is 12.8. The van der Waals surface area contributed by atoms with Gasteiger partial charge in [-0.15, -0.1) is 0 Å². The molecule has 3 amide bonds. The van der Waals surface area contributed by atoms with Crippen LogP contribution in [0.3, 0.4) is 0 Å². The molecule has 0 rings (SSSR count). The van der Waals surface area contributed by atoms with Crippen LogP contribution in [0.25, 0.3) is 0 Å². The van der Waals surface area contributed by atoms with Crippen molar-refractivity contribution in [2.45, 2.75) is 64.3 Å². The lowest BCUT2D eigenvalue weighted by Crippen LogP contribution is -2.60. The van der Waals surface area contributed by atoms with Crippen LogP contribution >= 0.6 is 0 Å². The van der Waals surface area contributed by atoms with Crippen molar-refractivity contribution in [3.63, 3.8) is 0 Å². The number of nitrogens with one attached hydrogen (secondary N) is 3. The molecule has 11 N–H and O–H groups in total. The van der Waals surface area contributed by atoms with Crippen molar-refractivity contribution >= 4 is 29.7 Å². The summed E-state index contributed by atoms with van der Waals surface area (Å²) < 4.78 is 0. The molecule has 0 aliphatic rings. The number of carbonyl (C=O) groups excluding carboxylic acids is 3. The van der Waals surface area contributed by atoms with Crippen LogP contribution in [0.4, 0.5) is 0 Å². The normalized spacial score (nSPS) is 15.5. The summed E-state index contributed by atoms with van der Waals surface area (Å²) in [6, 6.07) is -3.32. The second kappa shape index (κ2) is 14.1. The quantitative estimate of drug-likeness (QED) is 0.0769. The van der Waals surface area contributed by atoms with Gasteiger partial charge in [-0.25, -0.2) is 0 Å². The van der Waals surface area contributed by atoms with Gasteiger partial charge in [0.05, 0.1) is 12.1 Å². The van der Waals surface area contributed by atoms with Crippen LogP contribution in [-0.4, -0.2) is 77.2 Å². The summed E-state index contributed by atoms with van der Waals surface area (Å²) in [5, 5.41) is 25.6. The van der Waals surface area contributed by atoms with Crippen molar-refractivity contribution in [2.24, 2.45) is 28.1 Å². The van der Waals surface area contributed by atoms with Crippen LogP contribution in [-0.2, 0) is 19.2 Å². The van der Waals surface area contributed by atoms with Gasteiger partial charge in [0.25, 0.3) is 0 Å². The Bertz CT molecular complexity index is 651. The third kappa shape index (κ3) is 11.1. The highest BCUT2D eigenvalue weighted by atomic mass is 16.4. The molecule has 0 aromatic heterocycles. The molecule has 0 aliphatic heterocycles. The lowest BCUT2D eigenvalue weighted by molar-refractivity contribution is -0.139. The molecule has 0 bridgehead atoms. The largest absolute Gasteiger partial charge is 0.480 e. The second-order valence-corrected chi connectivity index (χ2v) is 7.27.